The van der Waals surface area contributed by atoms with Crippen molar-refractivity contribution in [3.63, 3.8) is 0 Å². The van der Waals surface area contributed by atoms with Gasteiger partial charge in [0.2, 0.25) is 0 Å². The van der Waals surface area contributed by atoms with Crippen molar-refractivity contribution < 1.29 is 8.78 Å². The van der Waals surface area contributed by atoms with Gasteiger partial charge in [0, 0.05) is 5.56 Å². The monoisotopic (exact) mass is 198 g/mol. The smallest absolute Gasteiger partial charge is 0.132 e. The Morgan fingerprint density at radius 3 is 1.93 bits per heavy atom. The minimum atomic E-state index is -0.435. The van der Waals surface area contributed by atoms with E-state index in [4.69, 9.17) is 0 Å². The number of aryl methyl sites for hydroxylation is 1. The summed E-state index contributed by atoms with van der Waals surface area (Å²) in [6, 6.07) is 1.59. The van der Waals surface area contributed by atoms with E-state index in [-0.39, 0.29) is 11.0 Å². The lowest BCUT2D eigenvalue weighted by atomic mass is 9.84. The van der Waals surface area contributed by atoms with Crippen LogP contribution in [0.15, 0.2) is 6.07 Å². The highest BCUT2D eigenvalue weighted by Gasteiger charge is 2.22. The minimum Gasteiger partial charge on any atom is -0.206 e. The Bertz CT molecular complexity index is 360. The molecule has 0 saturated carbocycles. The third kappa shape index (κ3) is 1.79. The third-order valence-corrected chi connectivity index (χ3v) is 2.41. The highest BCUT2D eigenvalue weighted by atomic mass is 19.1. The Balaban J connectivity index is 3.49. The molecule has 0 heterocycles. The van der Waals surface area contributed by atoms with Crippen LogP contribution < -0.4 is 0 Å². The van der Waals surface area contributed by atoms with Crippen LogP contribution in [0.2, 0.25) is 0 Å². The van der Waals surface area contributed by atoms with E-state index in [2.05, 4.69) is 0 Å². The minimum absolute atomic E-state index is 0.120. The van der Waals surface area contributed by atoms with Crippen molar-refractivity contribution in [3.05, 3.63) is 34.4 Å². The van der Waals surface area contributed by atoms with Gasteiger partial charge in [-0.1, -0.05) is 20.8 Å². The molecule has 1 aromatic carbocycles. The summed E-state index contributed by atoms with van der Waals surface area (Å²) in [5, 5.41) is 0. The number of rotatable bonds is 0. The molecule has 0 unspecified atom stereocenters. The molecule has 0 aromatic heterocycles. The normalized spacial score (nSPS) is 11.9. The molecule has 0 nitrogen and oxygen atoms in total. The second-order valence-corrected chi connectivity index (χ2v) is 4.74. The summed E-state index contributed by atoms with van der Waals surface area (Å²) in [5.41, 5.74) is 0.922. The molecule has 0 fully saturated rings. The maximum absolute atomic E-state index is 13.7. The summed E-state index contributed by atoms with van der Waals surface area (Å²) in [6.07, 6.45) is 0. The van der Waals surface area contributed by atoms with Crippen LogP contribution in [-0.2, 0) is 5.41 Å². The molecule has 0 aliphatic carbocycles. The lowest BCUT2D eigenvalue weighted by molar-refractivity contribution is 0.500. The van der Waals surface area contributed by atoms with E-state index in [1.807, 2.05) is 20.8 Å². The Morgan fingerprint density at radius 1 is 1.00 bits per heavy atom. The molecule has 1 aromatic rings. The summed E-state index contributed by atoms with van der Waals surface area (Å²) in [6.45, 7) is 8.90. The molecule has 1 rings (SSSR count). The Labute approximate surface area is 84.0 Å². The first kappa shape index (κ1) is 11.2. The highest BCUT2D eigenvalue weighted by Crippen LogP contribution is 2.29. The van der Waals surface area contributed by atoms with Crippen LogP contribution in [0.5, 0.6) is 0 Å². The molecule has 0 spiro atoms. The van der Waals surface area contributed by atoms with Crippen molar-refractivity contribution in [2.24, 2.45) is 0 Å². The van der Waals surface area contributed by atoms with Gasteiger partial charge in [-0.15, -0.1) is 0 Å². The fourth-order valence-electron chi connectivity index (χ4n) is 1.48. The zero-order chi connectivity index (χ0) is 11.1. The van der Waals surface area contributed by atoms with Crippen molar-refractivity contribution >= 4 is 0 Å². The molecule has 0 bridgehead atoms. The molecule has 0 radical (unpaired) electrons. The van der Waals surface area contributed by atoms with Gasteiger partial charge in [-0.05, 0) is 36.5 Å². The van der Waals surface area contributed by atoms with Crippen molar-refractivity contribution in [3.8, 4) is 0 Å². The standard InChI is InChI=1S/C12H16F2/c1-7-6-9(12(3,4)5)11(14)8(2)10(7)13/h6H,1-5H3. The Hall–Kier alpha value is -0.920. The molecule has 14 heavy (non-hydrogen) atoms. The van der Waals surface area contributed by atoms with Gasteiger partial charge in [-0.2, -0.15) is 0 Å². The van der Waals surface area contributed by atoms with Crippen molar-refractivity contribution in [2.45, 2.75) is 40.0 Å². The van der Waals surface area contributed by atoms with Crippen LogP contribution in [0.1, 0.15) is 37.5 Å². The first-order valence-corrected chi connectivity index (χ1v) is 4.71. The molecule has 0 N–H and O–H groups in total. The number of benzene rings is 1. The second-order valence-electron chi connectivity index (χ2n) is 4.74. The number of hydrogen-bond donors (Lipinski definition) is 0. The van der Waals surface area contributed by atoms with E-state index in [0.717, 1.165) is 0 Å². The zero-order valence-electron chi connectivity index (χ0n) is 9.33. The van der Waals surface area contributed by atoms with Crippen LogP contribution in [0.4, 0.5) is 8.78 Å². The van der Waals surface area contributed by atoms with Crippen LogP contribution >= 0.6 is 0 Å². The molecule has 0 amide bonds. The molecular weight excluding hydrogens is 182 g/mol. The van der Waals surface area contributed by atoms with E-state index in [1.54, 1.807) is 13.0 Å². The zero-order valence-corrected chi connectivity index (χ0v) is 9.33. The molecular formula is C12H16F2. The first-order chi connectivity index (χ1) is 6.25. The SMILES string of the molecule is Cc1cc(C(C)(C)C)c(F)c(C)c1F. The van der Waals surface area contributed by atoms with Gasteiger partial charge in [-0.25, -0.2) is 8.78 Å². The lowest BCUT2D eigenvalue weighted by Crippen LogP contribution is -2.15. The Kier molecular flexibility index (Phi) is 2.66. The average Bonchev–Trinajstić information content (AvgIpc) is 2.06. The van der Waals surface area contributed by atoms with E-state index in [0.29, 0.717) is 11.1 Å². The third-order valence-electron chi connectivity index (χ3n) is 2.41. The molecule has 0 aliphatic heterocycles. The molecule has 0 saturated heterocycles. The summed E-state index contributed by atoms with van der Waals surface area (Å²) in [7, 11) is 0. The summed E-state index contributed by atoms with van der Waals surface area (Å²) in [5.74, 6) is -0.851. The van der Waals surface area contributed by atoms with Crippen molar-refractivity contribution in [1.29, 1.82) is 0 Å². The van der Waals surface area contributed by atoms with Crippen molar-refractivity contribution in [2.75, 3.05) is 0 Å². The largest absolute Gasteiger partial charge is 0.206 e. The maximum atomic E-state index is 13.7. The average molecular weight is 198 g/mol. The van der Waals surface area contributed by atoms with Gasteiger partial charge >= 0.3 is 0 Å². The lowest BCUT2D eigenvalue weighted by Gasteiger charge is -2.21. The van der Waals surface area contributed by atoms with E-state index >= 15 is 0 Å². The quantitative estimate of drug-likeness (QED) is 0.593. The number of halogens is 2. The van der Waals surface area contributed by atoms with Crippen LogP contribution in [0.3, 0.4) is 0 Å². The molecule has 2 heteroatoms. The van der Waals surface area contributed by atoms with E-state index in [1.165, 1.54) is 6.92 Å². The fraction of sp³-hybridized carbons (Fsp3) is 0.500. The van der Waals surface area contributed by atoms with Gasteiger partial charge < -0.3 is 0 Å². The van der Waals surface area contributed by atoms with Gasteiger partial charge in [0.15, 0.2) is 0 Å². The first-order valence-electron chi connectivity index (χ1n) is 4.71. The predicted octanol–water partition coefficient (Wildman–Crippen LogP) is 3.88. The van der Waals surface area contributed by atoms with Gasteiger partial charge in [0.25, 0.3) is 0 Å². The summed E-state index contributed by atoms with van der Waals surface area (Å²) < 4.78 is 27.0. The van der Waals surface area contributed by atoms with Gasteiger partial charge in [-0.3, -0.25) is 0 Å². The molecule has 78 valence electrons. The van der Waals surface area contributed by atoms with Crippen molar-refractivity contribution in [1.82, 2.24) is 0 Å². The fourth-order valence-corrected chi connectivity index (χ4v) is 1.48. The summed E-state index contributed by atoms with van der Waals surface area (Å²) in [4.78, 5) is 0. The van der Waals surface area contributed by atoms with Gasteiger partial charge in [0.05, 0.1) is 0 Å². The summed E-state index contributed by atoms with van der Waals surface area (Å²) >= 11 is 0. The highest BCUT2D eigenvalue weighted by molar-refractivity contribution is 5.35. The van der Waals surface area contributed by atoms with Crippen LogP contribution in [-0.4, -0.2) is 0 Å². The topological polar surface area (TPSA) is 0 Å². The van der Waals surface area contributed by atoms with Crippen LogP contribution in [0.25, 0.3) is 0 Å². The predicted molar refractivity (Wildman–Crippen MR) is 54.5 cm³/mol. The molecule has 0 aliphatic rings. The van der Waals surface area contributed by atoms with E-state index in [9.17, 15) is 8.78 Å². The van der Waals surface area contributed by atoms with Crippen LogP contribution in [0, 0.1) is 25.5 Å². The van der Waals surface area contributed by atoms with Gasteiger partial charge in [0.1, 0.15) is 11.6 Å². The number of hydrogen-bond acceptors (Lipinski definition) is 0. The second kappa shape index (κ2) is 3.34. The van der Waals surface area contributed by atoms with E-state index < -0.39 is 11.6 Å². The molecule has 0 atom stereocenters. The maximum Gasteiger partial charge on any atom is 0.132 e. The Morgan fingerprint density at radius 2 is 1.50 bits per heavy atom.